The molecular formula is C22H19ClN4O2. The van der Waals surface area contributed by atoms with Gasteiger partial charge in [-0.3, -0.25) is 9.48 Å². The summed E-state index contributed by atoms with van der Waals surface area (Å²) in [4.78, 5) is 17.4. The summed E-state index contributed by atoms with van der Waals surface area (Å²) in [6, 6.07) is 16.2. The van der Waals surface area contributed by atoms with Crippen LogP contribution < -0.4 is 10.1 Å². The van der Waals surface area contributed by atoms with Crippen molar-refractivity contribution in [2.45, 2.75) is 13.8 Å². The number of anilines is 1. The van der Waals surface area contributed by atoms with Gasteiger partial charge in [-0.15, -0.1) is 0 Å². The Balaban J connectivity index is 1.56. The van der Waals surface area contributed by atoms with Crippen molar-refractivity contribution in [3.05, 3.63) is 76.6 Å². The number of benzene rings is 2. The van der Waals surface area contributed by atoms with Crippen molar-refractivity contribution in [2.75, 3.05) is 5.32 Å². The summed E-state index contributed by atoms with van der Waals surface area (Å²) in [7, 11) is 1.82. The summed E-state index contributed by atoms with van der Waals surface area (Å²) in [6.45, 7) is 3.73. The Morgan fingerprint density at radius 2 is 1.83 bits per heavy atom. The number of hydrogen-bond acceptors (Lipinski definition) is 4. The molecule has 2 heterocycles. The lowest BCUT2D eigenvalue weighted by Crippen LogP contribution is -2.13. The van der Waals surface area contributed by atoms with E-state index < -0.39 is 0 Å². The van der Waals surface area contributed by atoms with Gasteiger partial charge in [0.15, 0.2) is 5.65 Å². The van der Waals surface area contributed by atoms with Crippen molar-refractivity contribution in [1.29, 1.82) is 0 Å². The molecule has 0 atom stereocenters. The first-order chi connectivity index (χ1) is 13.9. The number of nitrogens with zero attached hydrogens (tertiary/aromatic N) is 3. The highest BCUT2D eigenvalue weighted by Gasteiger charge is 2.18. The second kappa shape index (κ2) is 7.56. The smallest absolute Gasteiger partial charge is 0.256 e. The van der Waals surface area contributed by atoms with E-state index in [0.29, 0.717) is 33.4 Å². The van der Waals surface area contributed by atoms with Gasteiger partial charge in [0.05, 0.1) is 21.7 Å². The average molecular weight is 407 g/mol. The van der Waals surface area contributed by atoms with Crippen LogP contribution in [-0.2, 0) is 7.05 Å². The van der Waals surface area contributed by atoms with Gasteiger partial charge in [0.1, 0.15) is 11.5 Å². The summed E-state index contributed by atoms with van der Waals surface area (Å²) in [6.07, 6.45) is 0. The number of amides is 1. The molecule has 0 unspecified atom stereocenters. The zero-order chi connectivity index (χ0) is 20.5. The van der Waals surface area contributed by atoms with Crippen LogP contribution >= 0.6 is 11.6 Å². The molecular weight excluding hydrogens is 388 g/mol. The third-order valence-electron chi connectivity index (χ3n) is 4.52. The molecule has 0 saturated heterocycles. The maximum Gasteiger partial charge on any atom is 0.256 e. The van der Waals surface area contributed by atoms with E-state index in [1.54, 1.807) is 47.1 Å². The molecule has 0 radical (unpaired) electrons. The van der Waals surface area contributed by atoms with Crippen LogP contribution in [0.3, 0.4) is 0 Å². The molecule has 4 aromatic rings. The summed E-state index contributed by atoms with van der Waals surface area (Å²) in [5.41, 5.74) is 3.43. The van der Waals surface area contributed by atoms with E-state index in [9.17, 15) is 4.79 Å². The first-order valence-electron chi connectivity index (χ1n) is 9.07. The molecule has 1 amide bonds. The molecule has 4 rings (SSSR count). The number of aromatic nitrogens is 3. The Bertz CT molecular complexity index is 1220. The Kier molecular flexibility index (Phi) is 4.94. The summed E-state index contributed by atoms with van der Waals surface area (Å²) in [5.74, 6) is 0.991. The molecule has 146 valence electrons. The molecule has 1 N–H and O–H groups in total. The number of fused-ring (bicyclic) bond motifs is 1. The first kappa shape index (κ1) is 19.0. The van der Waals surface area contributed by atoms with Crippen molar-refractivity contribution in [1.82, 2.24) is 14.8 Å². The minimum atomic E-state index is -0.212. The van der Waals surface area contributed by atoms with Crippen LogP contribution in [0.25, 0.3) is 11.0 Å². The van der Waals surface area contributed by atoms with E-state index in [0.717, 1.165) is 16.8 Å². The van der Waals surface area contributed by atoms with E-state index in [1.807, 2.05) is 33.0 Å². The topological polar surface area (TPSA) is 69.0 Å². The minimum absolute atomic E-state index is 0.212. The summed E-state index contributed by atoms with van der Waals surface area (Å²) in [5, 5.41) is 8.61. The Morgan fingerprint density at radius 1 is 1.10 bits per heavy atom. The van der Waals surface area contributed by atoms with Gasteiger partial charge in [-0.05, 0) is 56.3 Å². The predicted molar refractivity (Wildman–Crippen MR) is 114 cm³/mol. The second-order valence-electron chi connectivity index (χ2n) is 6.73. The van der Waals surface area contributed by atoms with Gasteiger partial charge in [0, 0.05) is 18.4 Å². The molecule has 0 fully saturated rings. The fourth-order valence-corrected chi connectivity index (χ4v) is 3.38. The Labute approximate surface area is 173 Å². The fraction of sp³-hybridized carbons (Fsp3) is 0.136. The van der Waals surface area contributed by atoms with Crippen molar-refractivity contribution in [3.63, 3.8) is 0 Å². The molecule has 0 bridgehead atoms. The lowest BCUT2D eigenvalue weighted by molar-refractivity contribution is 0.102. The van der Waals surface area contributed by atoms with E-state index in [1.165, 1.54) is 0 Å². The SMILES string of the molecule is Cc1cc(C(=O)Nc2ccc(Oc3ccccc3Cl)cc2)c2c(C)nn(C)c2n1. The third kappa shape index (κ3) is 3.79. The van der Waals surface area contributed by atoms with Crippen molar-refractivity contribution < 1.29 is 9.53 Å². The lowest BCUT2D eigenvalue weighted by Gasteiger charge is -2.10. The number of carbonyl (C=O) groups is 1. The number of halogens is 1. The van der Waals surface area contributed by atoms with Gasteiger partial charge < -0.3 is 10.1 Å². The molecule has 0 aliphatic carbocycles. The highest BCUT2D eigenvalue weighted by Crippen LogP contribution is 2.29. The molecule has 2 aromatic heterocycles. The van der Waals surface area contributed by atoms with Crippen LogP contribution in [-0.4, -0.2) is 20.7 Å². The minimum Gasteiger partial charge on any atom is -0.456 e. The number of pyridine rings is 1. The van der Waals surface area contributed by atoms with Gasteiger partial charge in [0.2, 0.25) is 0 Å². The van der Waals surface area contributed by atoms with E-state index in [-0.39, 0.29) is 5.91 Å². The Hall–Kier alpha value is -3.38. The maximum atomic E-state index is 12.9. The molecule has 2 aromatic carbocycles. The predicted octanol–water partition coefficient (Wildman–Crippen LogP) is 5.28. The third-order valence-corrected chi connectivity index (χ3v) is 4.83. The van der Waals surface area contributed by atoms with Gasteiger partial charge >= 0.3 is 0 Å². The van der Waals surface area contributed by atoms with Crippen molar-refractivity contribution in [3.8, 4) is 11.5 Å². The lowest BCUT2D eigenvalue weighted by atomic mass is 10.1. The normalized spacial score (nSPS) is 10.9. The van der Waals surface area contributed by atoms with Crippen LogP contribution in [0, 0.1) is 13.8 Å². The number of ether oxygens (including phenoxy) is 1. The van der Waals surface area contributed by atoms with E-state index >= 15 is 0 Å². The van der Waals surface area contributed by atoms with Gasteiger partial charge in [-0.2, -0.15) is 5.10 Å². The number of rotatable bonds is 4. The molecule has 29 heavy (non-hydrogen) atoms. The fourth-order valence-electron chi connectivity index (χ4n) is 3.21. The molecule has 0 aliphatic rings. The largest absolute Gasteiger partial charge is 0.456 e. The highest BCUT2D eigenvalue weighted by molar-refractivity contribution is 6.32. The molecule has 0 aliphatic heterocycles. The number of para-hydroxylation sites is 1. The number of nitrogens with one attached hydrogen (secondary N) is 1. The molecule has 6 nitrogen and oxygen atoms in total. The Morgan fingerprint density at radius 3 is 2.55 bits per heavy atom. The van der Waals surface area contributed by atoms with Gasteiger partial charge in [0.25, 0.3) is 5.91 Å². The summed E-state index contributed by atoms with van der Waals surface area (Å²) >= 11 is 6.12. The van der Waals surface area contributed by atoms with Crippen molar-refractivity contribution in [2.24, 2.45) is 7.05 Å². The standard InChI is InChI=1S/C22H19ClN4O2/c1-13-12-17(20-14(2)26-27(3)21(20)24-13)22(28)25-15-8-10-16(11-9-15)29-19-7-5-4-6-18(19)23/h4-12H,1-3H3,(H,25,28). The first-order valence-corrected chi connectivity index (χ1v) is 9.45. The highest BCUT2D eigenvalue weighted by atomic mass is 35.5. The van der Waals surface area contributed by atoms with Crippen LogP contribution in [0.5, 0.6) is 11.5 Å². The monoisotopic (exact) mass is 406 g/mol. The van der Waals surface area contributed by atoms with Gasteiger partial charge in [-0.1, -0.05) is 23.7 Å². The number of hydrogen-bond donors (Lipinski definition) is 1. The molecule has 0 saturated carbocycles. The zero-order valence-corrected chi connectivity index (χ0v) is 17.0. The van der Waals surface area contributed by atoms with Crippen molar-refractivity contribution >= 4 is 34.2 Å². The average Bonchev–Trinajstić information content (AvgIpc) is 2.98. The quantitative estimate of drug-likeness (QED) is 0.500. The second-order valence-corrected chi connectivity index (χ2v) is 7.14. The van der Waals surface area contributed by atoms with Crippen LogP contribution in [0.1, 0.15) is 21.7 Å². The number of carbonyl (C=O) groups excluding carboxylic acids is 1. The molecule has 7 heteroatoms. The maximum absolute atomic E-state index is 12.9. The van der Waals surface area contributed by atoms with Crippen LogP contribution in [0.15, 0.2) is 54.6 Å². The van der Waals surface area contributed by atoms with Crippen LogP contribution in [0.4, 0.5) is 5.69 Å². The van der Waals surface area contributed by atoms with E-state index in [4.69, 9.17) is 16.3 Å². The van der Waals surface area contributed by atoms with Gasteiger partial charge in [-0.25, -0.2) is 4.98 Å². The summed E-state index contributed by atoms with van der Waals surface area (Å²) < 4.78 is 7.47. The zero-order valence-electron chi connectivity index (χ0n) is 16.2. The molecule has 0 spiro atoms. The van der Waals surface area contributed by atoms with Crippen LogP contribution in [0.2, 0.25) is 5.02 Å². The van der Waals surface area contributed by atoms with E-state index in [2.05, 4.69) is 15.4 Å². The number of aryl methyl sites for hydroxylation is 3.